The van der Waals surface area contributed by atoms with Crippen molar-refractivity contribution in [2.75, 3.05) is 13.3 Å². The maximum absolute atomic E-state index is 15.1. The van der Waals surface area contributed by atoms with Crippen molar-refractivity contribution < 1.29 is 78.6 Å². The van der Waals surface area contributed by atoms with Crippen LogP contribution in [-0.4, -0.2) is 72.7 Å². The predicted molar refractivity (Wildman–Crippen MR) is 93.1 cm³/mol. The summed E-state index contributed by atoms with van der Waals surface area (Å²) >= 11 is 0. The van der Waals surface area contributed by atoms with E-state index in [0.29, 0.717) is 0 Å². The van der Waals surface area contributed by atoms with E-state index in [1.54, 1.807) is 5.32 Å². The molecule has 0 saturated carbocycles. The van der Waals surface area contributed by atoms with Gasteiger partial charge < -0.3 is 34.7 Å². The SMILES string of the molecule is C=C1NC(=O)N([C@@H]2O[C@](F)(COP(=O)(O)OP(=O)(O)OP(=O)(O)O)[C@H](O)C2(F)CF)C=C1F. The van der Waals surface area contributed by atoms with E-state index in [0.717, 1.165) is 0 Å². The molecule has 22 heteroatoms. The minimum absolute atomic E-state index is 0.0288. The van der Waals surface area contributed by atoms with Crippen LogP contribution in [0.1, 0.15) is 0 Å². The number of amides is 2. The molecule has 1 saturated heterocycles. The van der Waals surface area contributed by atoms with Crippen LogP contribution in [0.5, 0.6) is 0 Å². The number of nitrogens with zero attached hydrogens (tertiary/aromatic N) is 1. The lowest BCUT2D eigenvalue weighted by atomic mass is 9.96. The van der Waals surface area contributed by atoms with Crippen LogP contribution < -0.4 is 5.32 Å². The van der Waals surface area contributed by atoms with Gasteiger partial charge in [0.05, 0.1) is 5.70 Å². The van der Waals surface area contributed by atoms with Gasteiger partial charge in [0.2, 0.25) is 5.67 Å². The average molecular weight is 552 g/mol. The Balaban J connectivity index is 2.24. The molecule has 0 aromatic heterocycles. The fraction of sp³-hybridized carbons (Fsp3) is 0.545. The summed E-state index contributed by atoms with van der Waals surface area (Å²) in [6, 6.07) is -1.40. The third-order valence-electron chi connectivity index (χ3n) is 3.91. The number of aliphatic hydroxyl groups excluding tert-OH is 1. The fourth-order valence-corrected chi connectivity index (χ4v) is 5.57. The number of urea groups is 1. The summed E-state index contributed by atoms with van der Waals surface area (Å²) in [6.07, 6.45) is -5.69. The Morgan fingerprint density at radius 1 is 1.18 bits per heavy atom. The zero-order valence-electron chi connectivity index (χ0n) is 15.7. The predicted octanol–water partition coefficient (Wildman–Crippen LogP) is 0.740. The lowest BCUT2D eigenvalue weighted by Gasteiger charge is -2.34. The first-order chi connectivity index (χ1) is 14.8. The van der Waals surface area contributed by atoms with Gasteiger partial charge in [-0.05, 0) is 0 Å². The molecule has 0 radical (unpaired) electrons. The number of allylic oxidation sites excluding steroid dienone is 1. The van der Waals surface area contributed by atoms with E-state index in [-0.39, 0.29) is 11.1 Å². The van der Waals surface area contributed by atoms with Crippen LogP contribution in [-0.2, 0) is 31.6 Å². The first-order valence-corrected chi connectivity index (χ1v) is 12.5. The molecule has 6 atom stereocenters. The van der Waals surface area contributed by atoms with Gasteiger partial charge >= 0.3 is 29.5 Å². The number of ether oxygens (including phenoxy) is 1. The van der Waals surface area contributed by atoms with Crippen LogP contribution >= 0.6 is 23.5 Å². The van der Waals surface area contributed by atoms with Crippen molar-refractivity contribution in [3.8, 4) is 0 Å². The quantitative estimate of drug-likeness (QED) is 0.172. The normalized spacial score (nSPS) is 34.5. The number of phosphoric ester groups is 1. The highest BCUT2D eigenvalue weighted by atomic mass is 31.3. The van der Waals surface area contributed by atoms with Gasteiger partial charge in [0.1, 0.15) is 13.3 Å². The van der Waals surface area contributed by atoms with E-state index in [2.05, 4.69) is 24.5 Å². The lowest BCUT2D eigenvalue weighted by Crippen LogP contribution is -2.57. The maximum Gasteiger partial charge on any atom is 0.490 e. The third-order valence-corrected chi connectivity index (χ3v) is 7.69. The van der Waals surface area contributed by atoms with Gasteiger partial charge in [0.25, 0.3) is 5.85 Å². The van der Waals surface area contributed by atoms with E-state index in [1.807, 2.05) is 0 Å². The van der Waals surface area contributed by atoms with Gasteiger partial charge in [-0.1, -0.05) is 6.58 Å². The smallest absolute Gasteiger partial charge is 0.383 e. The number of nitrogens with one attached hydrogen (secondary N) is 1. The molecule has 33 heavy (non-hydrogen) atoms. The van der Waals surface area contributed by atoms with Gasteiger partial charge in [-0.15, -0.1) is 0 Å². The molecule has 0 spiro atoms. The van der Waals surface area contributed by atoms with Crippen LogP contribution in [0.25, 0.3) is 0 Å². The van der Waals surface area contributed by atoms with Crippen molar-refractivity contribution in [1.29, 1.82) is 0 Å². The first-order valence-electron chi connectivity index (χ1n) is 7.99. The van der Waals surface area contributed by atoms with E-state index in [4.69, 9.17) is 14.7 Å². The van der Waals surface area contributed by atoms with Crippen LogP contribution in [0.15, 0.2) is 24.3 Å². The Bertz CT molecular complexity index is 1010. The van der Waals surface area contributed by atoms with Crippen molar-refractivity contribution in [2.24, 2.45) is 0 Å². The molecule has 0 aliphatic carbocycles. The molecule has 6 N–H and O–H groups in total. The number of hydrogen-bond acceptors (Lipinski definition) is 9. The molecular formula is C11H15F4N2O13P3. The zero-order valence-corrected chi connectivity index (χ0v) is 18.3. The van der Waals surface area contributed by atoms with Crippen LogP contribution in [0.4, 0.5) is 22.4 Å². The second kappa shape index (κ2) is 9.11. The Morgan fingerprint density at radius 3 is 2.27 bits per heavy atom. The summed E-state index contributed by atoms with van der Waals surface area (Å²) in [6.45, 7) is -1.20. The molecular weight excluding hydrogens is 537 g/mol. The standard InChI is InChI=1S/C11H15F4N2O13P3/c1-5-6(13)2-17(9(19)16-5)8-10(14,3-12)7(18)11(15,28-8)4-27-32(23,24)30-33(25,26)29-31(20,21)22/h2,7-8,18H,1,3-4H2,(H,16,19)(H,23,24)(H,25,26)(H2,20,21,22)/t7-,8-,10?,11-/m1/s1. The Labute approximate surface area is 180 Å². The fourth-order valence-electron chi connectivity index (χ4n) is 2.54. The van der Waals surface area contributed by atoms with Crippen LogP contribution in [0.2, 0.25) is 0 Å². The topological polar surface area (TPSA) is 222 Å². The van der Waals surface area contributed by atoms with E-state index in [1.165, 1.54) is 0 Å². The molecule has 0 bridgehead atoms. The van der Waals surface area contributed by atoms with Gasteiger partial charge in [0, 0.05) is 6.20 Å². The summed E-state index contributed by atoms with van der Waals surface area (Å²) < 4.78 is 106. The molecule has 2 aliphatic heterocycles. The Kier molecular flexibility index (Phi) is 7.74. The third kappa shape index (κ3) is 6.28. The van der Waals surface area contributed by atoms with Crippen molar-refractivity contribution in [2.45, 2.75) is 23.9 Å². The average Bonchev–Trinajstić information content (AvgIpc) is 2.82. The maximum atomic E-state index is 15.1. The summed E-state index contributed by atoms with van der Waals surface area (Å²) in [4.78, 5) is 47.1. The highest BCUT2D eigenvalue weighted by Crippen LogP contribution is 2.66. The van der Waals surface area contributed by atoms with Crippen molar-refractivity contribution in [1.82, 2.24) is 10.2 Å². The Hall–Kier alpha value is -1.20. The van der Waals surface area contributed by atoms with Crippen LogP contribution in [0.3, 0.4) is 0 Å². The van der Waals surface area contributed by atoms with Crippen molar-refractivity contribution in [3.05, 3.63) is 24.3 Å². The summed E-state index contributed by atoms with van der Waals surface area (Å²) in [5.41, 5.74) is -4.40. The number of carbonyl (C=O) groups is 1. The number of hydrogen-bond donors (Lipinski definition) is 6. The van der Waals surface area contributed by atoms with E-state index >= 15 is 8.78 Å². The molecule has 3 unspecified atom stereocenters. The van der Waals surface area contributed by atoms with E-state index in [9.17, 15) is 37.3 Å². The number of alkyl halides is 3. The minimum atomic E-state index is -6.00. The molecule has 2 amide bonds. The molecule has 0 aromatic rings. The number of carbonyl (C=O) groups excluding carboxylic acids is 1. The van der Waals surface area contributed by atoms with Gasteiger partial charge in [0.15, 0.2) is 18.2 Å². The molecule has 190 valence electrons. The monoisotopic (exact) mass is 552 g/mol. The van der Waals surface area contributed by atoms with Crippen molar-refractivity contribution >= 4 is 29.5 Å². The molecule has 2 aliphatic rings. The number of aliphatic hydroxyl groups is 1. The summed E-state index contributed by atoms with van der Waals surface area (Å²) in [7, 11) is -17.7. The summed E-state index contributed by atoms with van der Waals surface area (Å²) in [5, 5.41) is 11.7. The number of phosphoric acid groups is 3. The van der Waals surface area contributed by atoms with Crippen molar-refractivity contribution in [3.63, 3.8) is 0 Å². The largest absolute Gasteiger partial charge is 0.490 e. The second-order valence-electron chi connectivity index (χ2n) is 6.38. The number of rotatable bonds is 9. The minimum Gasteiger partial charge on any atom is -0.383 e. The first kappa shape index (κ1) is 28.0. The number of halogens is 4. The highest BCUT2D eigenvalue weighted by Gasteiger charge is 2.69. The molecule has 0 aromatic carbocycles. The molecule has 15 nitrogen and oxygen atoms in total. The second-order valence-corrected chi connectivity index (χ2v) is 10.8. The lowest BCUT2D eigenvalue weighted by molar-refractivity contribution is -0.205. The summed E-state index contributed by atoms with van der Waals surface area (Å²) in [5.74, 6) is -5.26. The molecule has 2 heterocycles. The highest BCUT2D eigenvalue weighted by molar-refractivity contribution is 7.66. The zero-order chi connectivity index (χ0) is 25.6. The Morgan fingerprint density at radius 2 is 1.76 bits per heavy atom. The van der Waals surface area contributed by atoms with E-state index < -0.39 is 78.2 Å². The van der Waals surface area contributed by atoms with Gasteiger partial charge in [-0.25, -0.2) is 36.1 Å². The van der Waals surface area contributed by atoms with Crippen LogP contribution in [0, 0.1) is 0 Å². The van der Waals surface area contributed by atoms with Gasteiger partial charge in [-0.2, -0.15) is 8.62 Å². The van der Waals surface area contributed by atoms with Gasteiger partial charge in [-0.3, -0.25) is 9.42 Å². The molecule has 2 rings (SSSR count). The molecule has 1 fully saturated rings.